The van der Waals surface area contributed by atoms with Crippen LogP contribution in [0.2, 0.25) is 0 Å². The molecule has 1 N–H and O–H groups in total. The highest BCUT2D eigenvalue weighted by molar-refractivity contribution is 5.77. The Morgan fingerprint density at radius 1 is 1.08 bits per heavy atom. The first kappa shape index (κ1) is 18.5. The van der Waals surface area contributed by atoms with Crippen LogP contribution in [0.1, 0.15) is 78.6 Å². The minimum Gasteiger partial charge on any atom is -0.469 e. The fraction of sp³-hybridized carbons (Fsp3) is 0.870. The molecule has 4 aliphatic rings. The van der Waals surface area contributed by atoms with E-state index < -0.39 is 5.60 Å². The molecule has 3 nitrogen and oxygen atoms in total. The lowest BCUT2D eigenvalue weighted by molar-refractivity contribution is -0.185. The summed E-state index contributed by atoms with van der Waals surface area (Å²) >= 11 is 0. The number of rotatable bonds is 2. The van der Waals surface area contributed by atoms with E-state index in [1.54, 1.807) is 0 Å². The third kappa shape index (κ3) is 2.02. The lowest BCUT2D eigenvalue weighted by atomic mass is 9.40. The molecule has 2 bridgehead atoms. The van der Waals surface area contributed by atoms with Gasteiger partial charge in [-0.3, -0.25) is 4.79 Å². The summed E-state index contributed by atoms with van der Waals surface area (Å²) < 4.78 is 5.26. The topological polar surface area (TPSA) is 46.5 Å². The fourth-order valence-electron chi connectivity index (χ4n) is 8.65. The first-order valence-electron chi connectivity index (χ1n) is 10.5. The molecule has 26 heavy (non-hydrogen) atoms. The van der Waals surface area contributed by atoms with Crippen molar-refractivity contribution in [2.75, 3.05) is 7.11 Å². The van der Waals surface area contributed by atoms with Crippen LogP contribution in [0.4, 0.5) is 0 Å². The first-order chi connectivity index (χ1) is 12.1. The molecule has 4 saturated carbocycles. The molecule has 0 amide bonds. The Morgan fingerprint density at radius 2 is 1.77 bits per heavy atom. The Labute approximate surface area is 158 Å². The van der Waals surface area contributed by atoms with Crippen LogP contribution in [0.5, 0.6) is 0 Å². The van der Waals surface area contributed by atoms with Gasteiger partial charge in [0.25, 0.3) is 0 Å². The number of esters is 1. The maximum Gasteiger partial charge on any atom is 0.311 e. The van der Waals surface area contributed by atoms with Crippen LogP contribution in [0, 0.1) is 33.5 Å². The zero-order valence-electron chi connectivity index (χ0n) is 17.1. The van der Waals surface area contributed by atoms with E-state index in [0.29, 0.717) is 11.8 Å². The minimum absolute atomic E-state index is 0.0148. The van der Waals surface area contributed by atoms with Crippen molar-refractivity contribution >= 4 is 5.97 Å². The molecule has 0 aliphatic heterocycles. The van der Waals surface area contributed by atoms with Crippen molar-refractivity contribution in [3.05, 3.63) is 12.7 Å². The SMILES string of the molecule is C=C[C@@]1(O)C[C@]23CC[C@H]4[C@@](C)(CCC[C@@]4(C)C(=O)OC)[C@@H]2CC[C@@]1(C)C3. The average molecular weight is 361 g/mol. The predicted molar refractivity (Wildman–Crippen MR) is 102 cm³/mol. The van der Waals surface area contributed by atoms with Gasteiger partial charge in [-0.15, -0.1) is 6.58 Å². The van der Waals surface area contributed by atoms with Crippen LogP contribution in [0.25, 0.3) is 0 Å². The van der Waals surface area contributed by atoms with Gasteiger partial charge in [-0.1, -0.05) is 26.3 Å². The lowest BCUT2D eigenvalue weighted by Crippen LogP contribution is -2.58. The molecule has 0 unspecified atom stereocenters. The lowest BCUT2D eigenvalue weighted by Gasteiger charge is -2.64. The quantitative estimate of drug-likeness (QED) is 0.564. The van der Waals surface area contributed by atoms with Gasteiger partial charge in [-0.05, 0) is 81.0 Å². The zero-order valence-corrected chi connectivity index (χ0v) is 17.1. The second-order valence-corrected chi connectivity index (χ2v) is 10.9. The van der Waals surface area contributed by atoms with Gasteiger partial charge in [-0.2, -0.15) is 0 Å². The van der Waals surface area contributed by atoms with E-state index in [-0.39, 0.29) is 27.6 Å². The second kappa shape index (κ2) is 5.37. The number of carbonyl (C=O) groups excluding carboxylic acids is 1. The summed E-state index contributed by atoms with van der Waals surface area (Å²) in [5, 5.41) is 11.4. The van der Waals surface area contributed by atoms with Crippen LogP contribution in [-0.4, -0.2) is 23.8 Å². The fourth-order valence-corrected chi connectivity index (χ4v) is 8.65. The molecule has 0 radical (unpaired) electrons. The van der Waals surface area contributed by atoms with Crippen molar-refractivity contribution in [3.63, 3.8) is 0 Å². The Bertz CT molecular complexity index is 643. The van der Waals surface area contributed by atoms with E-state index in [2.05, 4.69) is 27.4 Å². The molecule has 146 valence electrons. The van der Waals surface area contributed by atoms with Gasteiger partial charge in [0.1, 0.15) is 0 Å². The third-order valence-corrected chi connectivity index (χ3v) is 9.83. The van der Waals surface area contributed by atoms with Gasteiger partial charge in [0, 0.05) is 5.41 Å². The molecular weight excluding hydrogens is 324 g/mol. The van der Waals surface area contributed by atoms with Gasteiger partial charge in [0.2, 0.25) is 0 Å². The number of ether oxygens (including phenoxy) is 1. The molecule has 0 heterocycles. The molecule has 0 aromatic rings. The van der Waals surface area contributed by atoms with Crippen LogP contribution < -0.4 is 0 Å². The van der Waals surface area contributed by atoms with Crippen molar-refractivity contribution in [1.82, 2.24) is 0 Å². The largest absolute Gasteiger partial charge is 0.469 e. The highest BCUT2D eigenvalue weighted by atomic mass is 16.5. The minimum atomic E-state index is -0.731. The summed E-state index contributed by atoms with van der Waals surface area (Å²) in [4.78, 5) is 12.7. The Balaban J connectivity index is 1.75. The summed E-state index contributed by atoms with van der Waals surface area (Å²) in [6, 6.07) is 0. The van der Waals surface area contributed by atoms with Crippen molar-refractivity contribution in [1.29, 1.82) is 0 Å². The Kier molecular flexibility index (Phi) is 3.82. The molecule has 4 aliphatic carbocycles. The van der Waals surface area contributed by atoms with Crippen molar-refractivity contribution in [3.8, 4) is 0 Å². The number of hydrogen-bond acceptors (Lipinski definition) is 3. The first-order valence-corrected chi connectivity index (χ1v) is 10.5. The van der Waals surface area contributed by atoms with Crippen LogP contribution in [0.3, 0.4) is 0 Å². The molecule has 4 rings (SSSR count). The van der Waals surface area contributed by atoms with Gasteiger partial charge in [0.15, 0.2) is 0 Å². The average Bonchev–Trinajstić information content (AvgIpc) is 2.75. The smallest absolute Gasteiger partial charge is 0.311 e. The van der Waals surface area contributed by atoms with Gasteiger partial charge in [-0.25, -0.2) is 0 Å². The molecule has 1 spiro atoms. The highest BCUT2D eigenvalue weighted by Gasteiger charge is 2.70. The summed E-state index contributed by atoms with van der Waals surface area (Å²) in [7, 11) is 1.54. The molecule has 0 saturated heterocycles. The monoisotopic (exact) mass is 360 g/mol. The molecule has 3 heteroatoms. The number of fused-ring (bicyclic) bond motifs is 3. The molecule has 0 aromatic carbocycles. The summed E-state index contributed by atoms with van der Waals surface area (Å²) in [5.41, 5.74) is -0.722. The number of carbonyl (C=O) groups is 1. The predicted octanol–water partition coefficient (Wildman–Crippen LogP) is 4.88. The third-order valence-electron chi connectivity index (χ3n) is 9.83. The van der Waals surface area contributed by atoms with Crippen molar-refractivity contribution < 1.29 is 14.6 Å². The number of aliphatic hydroxyl groups is 1. The van der Waals surface area contributed by atoms with Crippen molar-refractivity contribution in [2.24, 2.45) is 33.5 Å². The van der Waals surface area contributed by atoms with E-state index in [1.165, 1.54) is 20.0 Å². The van der Waals surface area contributed by atoms with E-state index in [1.807, 2.05) is 6.08 Å². The molecule has 7 atom stereocenters. The normalized spacial score (nSPS) is 55.6. The van der Waals surface area contributed by atoms with Crippen LogP contribution in [-0.2, 0) is 9.53 Å². The van der Waals surface area contributed by atoms with Crippen LogP contribution >= 0.6 is 0 Å². The Morgan fingerprint density at radius 3 is 2.42 bits per heavy atom. The highest BCUT2D eigenvalue weighted by Crippen LogP contribution is 2.75. The van der Waals surface area contributed by atoms with E-state index in [9.17, 15) is 9.90 Å². The maximum atomic E-state index is 12.7. The summed E-state index contributed by atoms with van der Waals surface area (Å²) in [5.74, 6) is 0.979. The van der Waals surface area contributed by atoms with Gasteiger partial charge < -0.3 is 9.84 Å². The van der Waals surface area contributed by atoms with E-state index in [4.69, 9.17) is 4.74 Å². The van der Waals surface area contributed by atoms with Crippen LogP contribution in [0.15, 0.2) is 12.7 Å². The molecular formula is C23H36O3. The molecule has 4 fully saturated rings. The van der Waals surface area contributed by atoms with Gasteiger partial charge in [0.05, 0.1) is 18.1 Å². The number of hydrogen-bond donors (Lipinski definition) is 1. The standard InChI is InChI=1S/C23H36O3/c1-6-23(25)15-22-13-9-16-20(3,17(22)8-12-19(23,2)14-22)10-7-11-21(16,4)18(24)26-5/h6,16-17,25H,1,7-15H2,2-5H3/t16-,17-,19-,20+,21+,22+,23+/m0/s1. The van der Waals surface area contributed by atoms with E-state index in [0.717, 1.165) is 44.9 Å². The second-order valence-electron chi connectivity index (χ2n) is 10.9. The van der Waals surface area contributed by atoms with Gasteiger partial charge >= 0.3 is 5.97 Å². The van der Waals surface area contributed by atoms with Crippen molar-refractivity contribution in [2.45, 2.75) is 84.2 Å². The number of methoxy groups -OCH3 is 1. The Hall–Kier alpha value is -0.830. The zero-order chi connectivity index (χ0) is 19.0. The summed E-state index contributed by atoms with van der Waals surface area (Å²) in [6.07, 6.45) is 11.5. The van der Waals surface area contributed by atoms with E-state index >= 15 is 0 Å². The molecule has 0 aromatic heterocycles. The summed E-state index contributed by atoms with van der Waals surface area (Å²) in [6.45, 7) is 10.9. The maximum absolute atomic E-state index is 12.7.